The van der Waals surface area contributed by atoms with Crippen LogP contribution in [0.15, 0.2) is 48.5 Å². The van der Waals surface area contributed by atoms with Crippen molar-refractivity contribution in [3.8, 4) is 0 Å². The van der Waals surface area contributed by atoms with Crippen molar-refractivity contribution in [2.75, 3.05) is 12.4 Å². The second-order valence-electron chi connectivity index (χ2n) is 4.88. The van der Waals surface area contributed by atoms with Crippen LogP contribution in [0.2, 0.25) is 0 Å². The highest BCUT2D eigenvalue weighted by atomic mass is 19.1. The summed E-state index contributed by atoms with van der Waals surface area (Å²) in [6, 6.07) is 13.8. The van der Waals surface area contributed by atoms with E-state index >= 15 is 0 Å². The van der Waals surface area contributed by atoms with Crippen molar-refractivity contribution in [2.45, 2.75) is 19.4 Å². The van der Waals surface area contributed by atoms with E-state index in [1.807, 2.05) is 25.1 Å². The van der Waals surface area contributed by atoms with Gasteiger partial charge in [-0.25, -0.2) is 9.18 Å². The van der Waals surface area contributed by atoms with E-state index in [0.717, 1.165) is 0 Å². The fourth-order valence-electron chi connectivity index (χ4n) is 2.21. The van der Waals surface area contributed by atoms with Crippen LogP contribution in [0.5, 0.6) is 0 Å². The summed E-state index contributed by atoms with van der Waals surface area (Å²) in [5, 5.41) is 3.23. The highest BCUT2D eigenvalue weighted by molar-refractivity contribution is 5.95. The van der Waals surface area contributed by atoms with Crippen molar-refractivity contribution in [3.63, 3.8) is 0 Å². The average molecular weight is 287 g/mol. The van der Waals surface area contributed by atoms with E-state index in [2.05, 4.69) is 5.32 Å². The van der Waals surface area contributed by atoms with Crippen LogP contribution in [0.1, 0.15) is 22.8 Å². The SMILES string of the molecule is COC(=O)c1ccccc1NC(C)Cc1ccccc1F. The molecule has 2 rings (SSSR count). The summed E-state index contributed by atoms with van der Waals surface area (Å²) in [5.41, 5.74) is 1.81. The molecule has 0 fully saturated rings. The molecule has 0 aromatic heterocycles. The molecule has 0 aliphatic carbocycles. The van der Waals surface area contributed by atoms with Gasteiger partial charge < -0.3 is 10.1 Å². The number of methoxy groups -OCH3 is 1. The van der Waals surface area contributed by atoms with Gasteiger partial charge in [-0.05, 0) is 37.1 Å². The second kappa shape index (κ2) is 6.88. The van der Waals surface area contributed by atoms with Crippen molar-refractivity contribution in [2.24, 2.45) is 0 Å². The fraction of sp³-hybridized carbons (Fsp3) is 0.235. The minimum absolute atomic E-state index is 0.0206. The first-order valence-corrected chi connectivity index (χ1v) is 6.79. The Morgan fingerprint density at radius 3 is 2.57 bits per heavy atom. The van der Waals surface area contributed by atoms with Gasteiger partial charge in [0.25, 0.3) is 0 Å². The summed E-state index contributed by atoms with van der Waals surface area (Å²) in [4.78, 5) is 11.7. The quantitative estimate of drug-likeness (QED) is 0.853. The van der Waals surface area contributed by atoms with Crippen molar-refractivity contribution >= 4 is 11.7 Å². The first kappa shape index (κ1) is 15.0. The number of hydrogen-bond donors (Lipinski definition) is 1. The maximum Gasteiger partial charge on any atom is 0.339 e. The van der Waals surface area contributed by atoms with Gasteiger partial charge in [0.1, 0.15) is 5.82 Å². The molecule has 0 saturated heterocycles. The Hall–Kier alpha value is -2.36. The number of para-hydroxylation sites is 1. The van der Waals surface area contributed by atoms with E-state index in [4.69, 9.17) is 4.74 Å². The predicted octanol–water partition coefficient (Wildman–Crippen LogP) is 3.66. The van der Waals surface area contributed by atoms with Gasteiger partial charge in [-0.1, -0.05) is 30.3 Å². The number of halogens is 1. The molecule has 1 unspecified atom stereocenters. The number of nitrogens with one attached hydrogen (secondary N) is 1. The van der Waals surface area contributed by atoms with Gasteiger partial charge in [0.15, 0.2) is 0 Å². The third-order valence-electron chi connectivity index (χ3n) is 3.22. The lowest BCUT2D eigenvalue weighted by molar-refractivity contribution is 0.0602. The summed E-state index contributed by atoms with van der Waals surface area (Å²) < 4.78 is 18.4. The Balaban J connectivity index is 2.11. The van der Waals surface area contributed by atoms with Crippen LogP contribution in [0.3, 0.4) is 0 Å². The maximum atomic E-state index is 13.6. The van der Waals surface area contributed by atoms with Crippen molar-refractivity contribution in [1.29, 1.82) is 0 Å². The normalized spacial score (nSPS) is 11.8. The molecule has 0 heterocycles. The zero-order valence-corrected chi connectivity index (χ0v) is 12.1. The lowest BCUT2D eigenvalue weighted by Gasteiger charge is -2.17. The molecule has 2 aromatic rings. The van der Waals surface area contributed by atoms with Gasteiger partial charge in [-0.15, -0.1) is 0 Å². The molecule has 0 bridgehead atoms. The summed E-state index contributed by atoms with van der Waals surface area (Å²) >= 11 is 0. The van der Waals surface area contributed by atoms with Crippen molar-refractivity contribution in [3.05, 3.63) is 65.5 Å². The first-order valence-electron chi connectivity index (χ1n) is 6.79. The van der Waals surface area contributed by atoms with Crippen LogP contribution in [0, 0.1) is 5.82 Å². The average Bonchev–Trinajstić information content (AvgIpc) is 2.49. The molecule has 2 aromatic carbocycles. The molecule has 0 amide bonds. The van der Waals surface area contributed by atoms with E-state index in [1.54, 1.807) is 24.3 Å². The molecule has 1 N–H and O–H groups in total. The molecule has 21 heavy (non-hydrogen) atoms. The van der Waals surface area contributed by atoms with E-state index in [0.29, 0.717) is 23.2 Å². The lowest BCUT2D eigenvalue weighted by Crippen LogP contribution is -2.20. The van der Waals surface area contributed by atoms with Gasteiger partial charge in [-0.2, -0.15) is 0 Å². The van der Waals surface area contributed by atoms with Crippen LogP contribution in [0.25, 0.3) is 0 Å². The van der Waals surface area contributed by atoms with E-state index < -0.39 is 5.97 Å². The molecular weight excluding hydrogens is 269 g/mol. The first-order chi connectivity index (χ1) is 10.1. The summed E-state index contributed by atoms with van der Waals surface area (Å²) in [5.74, 6) is -0.608. The standard InChI is InChI=1S/C17H18FNO2/c1-12(11-13-7-3-5-9-15(13)18)19-16-10-6-4-8-14(16)17(20)21-2/h3-10,12,19H,11H2,1-2H3. The van der Waals surface area contributed by atoms with Crippen LogP contribution < -0.4 is 5.32 Å². The Morgan fingerprint density at radius 1 is 1.19 bits per heavy atom. The van der Waals surface area contributed by atoms with Gasteiger partial charge in [-0.3, -0.25) is 0 Å². The van der Waals surface area contributed by atoms with Crippen LogP contribution in [-0.2, 0) is 11.2 Å². The minimum Gasteiger partial charge on any atom is -0.465 e. The smallest absolute Gasteiger partial charge is 0.339 e. The lowest BCUT2D eigenvalue weighted by atomic mass is 10.1. The molecule has 1 atom stereocenters. The summed E-state index contributed by atoms with van der Waals surface area (Å²) in [6.07, 6.45) is 0.530. The highest BCUT2D eigenvalue weighted by Gasteiger charge is 2.13. The van der Waals surface area contributed by atoms with Crippen LogP contribution >= 0.6 is 0 Å². The molecule has 0 saturated carbocycles. The Morgan fingerprint density at radius 2 is 1.86 bits per heavy atom. The Kier molecular flexibility index (Phi) is 4.93. The molecule has 0 aliphatic heterocycles. The number of ether oxygens (including phenoxy) is 1. The zero-order valence-electron chi connectivity index (χ0n) is 12.1. The largest absolute Gasteiger partial charge is 0.465 e. The monoisotopic (exact) mass is 287 g/mol. The van der Waals surface area contributed by atoms with Gasteiger partial charge in [0.2, 0.25) is 0 Å². The second-order valence-corrected chi connectivity index (χ2v) is 4.88. The van der Waals surface area contributed by atoms with Gasteiger partial charge in [0.05, 0.1) is 12.7 Å². The predicted molar refractivity (Wildman–Crippen MR) is 81.0 cm³/mol. The number of anilines is 1. The molecule has 0 radical (unpaired) electrons. The topological polar surface area (TPSA) is 38.3 Å². The van der Waals surface area contributed by atoms with E-state index in [-0.39, 0.29) is 11.9 Å². The van der Waals surface area contributed by atoms with Crippen molar-refractivity contribution in [1.82, 2.24) is 0 Å². The number of benzene rings is 2. The fourth-order valence-corrected chi connectivity index (χ4v) is 2.21. The Bertz CT molecular complexity index is 628. The number of rotatable bonds is 5. The summed E-state index contributed by atoms with van der Waals surface area (Å²) in [6.45, 7) is 1.94. The van der Waals surface area contributed by atoms with Gasteiger partial charge in [0, 0.05) is 11.7 Å². The molecule has 0 spiro atoms. The van der Waals surface area contributed by atoms with Gasteiger partial charge >= 0.3 is 5.97 Å². The van der Waals surface area contributed by atoms with E-state index in [9.17, 15) is 9.18 Å². The van der Waals surface area contributed by atoms with E-state index in [1.165, 1.54) is 13.2 Å². The minimum atomic E-state index is -0.392. The molecular formula is C17H18FNO2. The molecule has 0 aliphatic rings. The summed E-state index contributed by atoms with van der Waals surface area (Å²) in [7, 11) is 1.35. The Labute approximate surface area is 123 Å². The van der Waals surface area contributed by atoms with Crippen LogP contribution in [0.4, 0.5) is 10.1 Å². The molecule has 110 valence electrons. The number of carbonyl (C=O) groups is 1. The number of carbonyl (C=O) groups excluding carboxylic acids is 1. The number of hydrogen-bond acceptors (Lipinski definition) is 3. The van der Waals surface area contributed by atoms with Crippen LogP contribution in [-0.4, -0.2) is 19.1 Å². The van der Waals surface area contributed by atoms with Crippen molar-refractivity contribution < 1.29 is 13.9 Å². The molecule has 3 nitrogen and oxygen atoms in total. The number of esters is 1. The third kappa shape index (κ3) is 3.81. The third-order valence-corrected chi connectivity index (χ3v) is 3.22. The maximum absolute atomic E-state index is 13.6. The molecule has 4 heteroatoms. The highest BCUT2D eigenvalue weighted by Crippen LogP contribution is 2.18. The zero-order chi connectivity index (χ0) is 15.2.